The van der Waals surface area contributed by atoms with E-state index in [1.807, 2.05) is 0 Å². The van der Waals surface area contributed by atoms with E-state index in [-0.39, 0.29) is 11.5 Å². The van der Waals surface area contributed by atoms with Gasteiger partial charge in [0.05, 0.1) is 5.60 Å². The van der Waals surface area contributed by atoms with Crippen LogP contribution in [0.3, 0.4) is 0 Å². The molecule has 1 aliphatic heterocycles. The number of carbonyl (C=O) groups excluding carboxylic acids is 1. The van der Waals surface area contributed by atoms with Crippen molar-refractivity contribution in [3.63, 3.8) is 0 Å². The monoisotopic (exact) mass is 248 g/mol. The molecule has 1 spiro atoms. The van der Waals surface area contributed by atoms with Crippen LogP contribution < -0.4 is 0 Å². The first-order valence-electron chi connectivity index (χ1n) is 7.56. The number of carbonyl (C=O) groups is 1. The van der Waals surface area contributed by atoms with Gasteiger partial charge in [0.1, 0.15) is 0 Å². The maximum atomic E-state index is 12.6. The predicted octanol–water partition coefficient (Wildman–Crippen LogP) is 3.65. The number of ether oxygens (including phenoxy) is 1. The van der Waals surface area contributed by atoms with Crippen LogP contribution in [0, 0.1) is 11.8 Å². The van der Waals surface area contributed by atoms with Gasteiger partial charge in [0.25, 0.3) is 0 Å². The molecule has 1 saturated carbocycles. The van der Waals surface area contributed by atoms with E-state index in [4.69, 9.17) is 4.74 Å². The number of ketones is 1. The van der Waals surface area contributed by atoms with Crippen LogP contribution in [0.2, 0.25) is 0 Å². The summed E-state index contributed by atoms with van der Waals surface area (Å²) in [4.78, 5) is 12.6. The second-order valence-electron chi connectivity index (χ2n) is 6.55. The lowest BCUT2D eigenvalue weighted by Gasteiger charge is -2.47. The Hall–Kier alpha value is -0.630. The molecule has 18 heavy (non-hydrogen) atoms. The Bertz CT molecular complexity index is 365. The molecule has 3 aliphatic rings. The van der Waals surface area contributed by atoms with Gasteiger partial charge in [-0.3, -0.25) is 4.79 Å². The summed E-state index contributed by atoms with van der Waals surface area (Å²) in [7, 11) is 0. The minimum atomic E-state index is 0.0983. The summed E-state index contributed by atoms with van der Waals surface area (Å²) in [5.41, 5.74) is 1.22. The van der Waals surface area contributed by atoms with E-state index in [9.17, 15) is 4.79 Å². The Morgan fingerprint density at radius 3 is 2.83 bits per heavy atom. The minimum absolute atomic E-state index is 0.0983. The number of allylic oxidation sites excluding steroid dienone is 2. The highest BCUT2D eigenvalue weighted by Gasteiger charge is 2.44. The summed E-state index contributed by atoms with van der Waals surface area (Å²) in [6.45, 7) is 3.07. The summed E-state index contributed by atoms with van der Waals surface area (Å²) in [6.07, 6.45) is 11.0. The van der Waals surface area contributed by atoms with Crippen molar-refractivity contribution in [2.24, 2.45) is 11.8 Å². The first-order valence-corrected chi connectivity index (χ1v) is 7.56. The summed E-state index contributed by atoms with van der Waals surface area (Å²) < 4.78 is 5.91. The van der Waals surface area contributed by atoms with Crippen molar-refractivity contribution in [3.8, 4) is 0 Å². The molecule has 2 fully saturated rings. The topological polar surface area (TPSA) is 26.3 Å². The van der Waals surface area contributed by atoms with E-state index in [1.54, 1.807) is 0 Å². The van der Waals surface area contributed by atoms with Gasteiger partial charge in [0.2, 0.25) is 0 Å². The normalized spacial score (nSPS) is 34.8. The van der Waals surface area contributed by atoms with Crippen LogP contribution in [0.1, 0.15) is 58.3 Å². The number of hydrogen-bond donors (Lipinski definition) is 0. The third kappa shape index (κ3) is 2.27. The first kappa shape index (κ1) is 12.4. The van der Waals surface area contributed by atoms with Crippen LogP contribution in [0.15, 0.2) is 11.6 Å². The summed E-state index contributed by atoms with van der Waals surface area (Å²) in [5, 5.41) is 0. The number of Topliss-reactive ketones (excluding diaryl/α,β-unsaturated/α-hetero) is 1. The SMILES string of the molecule is CC1CC=C(C(=O)C2CCOC3(CCC3)C2)CC1. The molecular weight excluding hydrogens is 224 g/mol. The third-order valence-corrected chi connectivity index (χ3v) is 5.12. The molecule has 0 radical (unpaired) electrons. The fourth-order valence-electron chi connectivity index (χ4n) is 3.62. The lowest BCUT2D eigenvalue weighted by atomic mass is 9.70. The second-order valence-corrected chi connectivity index (χ2v) is 6.55. The molecule has 2 aliphatic carbocycles. The van der Waals surface area contributed by atoms with Gasteiger partial charge >= 0.3 is 0 Å². The van der Waals surface area contributed by atoms with E-state index in [0.717, 1.165) is 43.8 Å². The van der Waals surface area contributed by atoms with Crippen LogP contribution in [0.25, 0.3) is 0 Å². The van der Waals surface area contributed by atoms with Crippen LogP contribution in [-0.2, 0) is 9.53 Å². The quantitative estimate of drug-likeness (QED) is 0.745. The number of hydrogen-bond acceptors (Lipinski definition) is 2. The second kappa shape index (κ2) is 4.80. The highest BCUT2D eigenvalue weighted by Crippen LogP contribution is 2.45. The summed E-state index contributed by atoms with van der Waals surface area (Å²) >= 11 is 0. The molecule has 0 amide bonds. The smallest absolute Gasteiger partial charge is 0.161 e. The van der Waals surface area contributed by atoms with Crippen molar-refractivity contribution in [1.29, 1.82) is 0 Å². The maximum absolute atomic E-state index is 12.6. The molecule has 1 heterocycles. The van der Waals surface area contributed by atoms with Crippen molar-refractivity contribution in [1.82, 2.24) is 0 Å². The zero-order valence-corrected chi connectivity index (χ0v) is 11.4. The highest BCUT2D eigenvalue weighted by atomic mass is 16.5. The van der Waals surface area contributed by atoms with E-state index >= 15 is 0 Å². The van der Waals surface area contributed by atoms with Crippen LogP contribution >= 0.6 is 0 Å². The Balaban J connectivity index is 1.65. The molecule has 2 unspecified atom stereocenters. The molecule has 100 valence electrons. The molecule has 0 bridgehead atoms. The molecule has 0 aromatic heterocycles. The van der Waals surface area contributed by atoms with E-state index < -0.39 is 0 Å². The largest absolute Gasteiger partial charge is 0.375 e. The van der Waals surface area contributed by atoms with Crippen LogP contribution in [0.5, 0.6) is 0 Å². The highest BCUT2D eigenvalue weighted by molar-refractivity contribution is 5.97. The zero-order chi connectivity index (χ0) is 12.6. The van der Waals surface area contributed by atoms with Crippen molar-refractivity contribution in [2.45, 2.75) is 63.9 Å². The fraction of sp³-hybridized carbons (Fsp3) is 0.812. The summed E-state index contributed by atoms with van der Waals surface area (Å²) in [5.74, 6) is 1.45. The molecular formula is C16H24O2. The predicted molar refractivity (Wildman–Crippen MR) is 71.4 cm³/mol. The molecule has 1 saturated heterocycles. The standard InChI is InChI=1S/C16H24O2/c1-12-3-5-13(6-4-12)15(17)14-7-10-18-16(11-14)8-2-9-16/h5,12,14H,2-4,6-11H2,1H3. The Morgan fingerprint density at radius 2 is 2.22 bits per heavy atom. The van der Waals surface area contributed by atoms with Gasteiger partial charge in [0.15, 0.2) is 5.78 Å². The zero-order valence-electron chi connectivity index (χ0n) is 11.4. The van der Waals surface area contributed by atoms with Gasteiger partial charge < -0.3 is 4.74 Å². The van der Waals surface area contributed by atoms with Gasteiger partial charge in [-0.25, -0.2) is 0 Å². The van der Waals surface area contributed by atoms with Crippen LogP contribution in [-0.4, -0.2) is 18.0 Å². The maximum Gasteiger partial charge on any atom is 0.161 e. The molecule has 2 nitrogen and oxygen atoms in total. The average molecular weight is 248 g/mol. The van der Waals surface area contributed by atoms with E-state index in [1.165, 1.54) is 25.7 Å². The van der Waals surface area contributed by atoms with Crippen LogP contribution in [0.4, 0.5) is 0 Å². The minimum Gasteiger partial charge on any atom is -0.375 e. The Kier molecular flexibility index (Phi) is 3.31. The molecule has 2 atom stereocenters. The molecule has 0 aromatic carbocycles. The van der Waals surface area contributed by atoms with Crippen molar-refractivity contribution in [3.05, 3.63) is 11.6 Å². The lowest BCUT2D eigenvalue weighted by molar-refractivity contribution is -0.153. The molecule has 0 aromatic rings. The Morgan fingerprint density at radius 1 is 1.39 bits per heavy atom. The third-order valence-electron chi connectivity index (χ3n) is 5.12. The first-order chi connectivity index (χ1) is 8.69. The Labute approximate surface area is 110 Å². The van der Waals surface area contributed by atoms with Crippen molar-refractivity contribution in [2.75, 3.05) is 6.61 Å². The lowest BCUT2D eigenvalue weighted by Crippen LogP contribution is -2.47. The number of rotatable bonds is 2. The van der Waals surface area contributed by atoms with Crippen molar-refractivity contribution >= 4 is 5.78 Å². The summed E-state index contributed by atoms with van der Waals surface area (Å²) in [6, 6.07) is 0. The fourth-order valence-corrected chi connectivity index (χ4v) is 3.62. The van der Waals surface area contributed by atoms with Gasteiger partial charge in [-0.05, 0) is 62.9 Å². The van der Waals surface area contributed by atoms with E-state index in [0.29, 0.717) is 5.78 Å². The molecule has 2 heteroatoms. The van der Waals surface area contributed by atoms with Gasteiger partial charge in [-0.1, -0.05) is 13.0 Å². The molecule has 0 N–H and O–H groups in total. The van der Waals surface area contributed by atoms with E-state index in [2.05, 4.69) is 13.0 Å². The van der Waals surface area contributed by atoms with Gasteiger partial charge in [0, 0.05) is 12.5 Å². The van der Waals surface area contributed by atoms with Crippen molar-refractivity contribution < 1.29 is 9.53 Å². The molecule has 3 rings (SSSR count). The van der Waals surface area contributed by atoms with Gasteiger partial charge in [-0.15, -0.1) is 0 Å². The average Bonchev–Trinajstić information content (AvgIpc) is 2.37. The van der Waals surface area contributed by atoms with Gasteiger partial charge in [-0.2, -0.15) is 0 Å².